The number of hydrogen-bond acceptors (Lipinski definition) is 2. The molecule has 160 valence electrons. The standard InChI is InChI=1S/C25H42O3/c1-2-3-4-5-6-7-8-9-10-11-12-13-14-15-16-17-18-22-21-23(26)19-20-24(22)25(27)28/h19-21,26H,2-18H2,1H3,(H,27,28). The van der Waals surface area contributed by atoms with Gasteiger partial charge in [0.1, 0.15) is 5.75 Å². The summed E-state index contributed by atoms with van der Waals surface area (Å²) in [5, 5.41) is 18.8. The highest BCUT2D eigenvalue weighted by molar-refractivity contribution is 5.89. The van der Waals surface area contributed by atoms with Gasteiger partial charge in [-0.25, -0.2) is 4.79 Å². The molecule has 3 heteroatoms. The Kier molecular flexibility index (Phi) is 14.4. The molecular weight excluding hydrogens is 348 g/mol. The number of carboxylic acids is 1. The van der Waals surface area contributed by atoms with E-state index in [0.717, 1.165) is 24.8 Å². The third-order valence-electron chi connectivity index (χ3n) is 5.62. The van der Waals surface area contributed by atoms with E-state index in [9.17, 15) is 15.0 Å². The van der Waals surface area contributed by atoms with Gasteiger partial charge in [-0.05, 0) is 36.6 Å². The van der Waals surface area contributed by atoms with Crippen LogP contribution < -0.4 is 0 Å². The Bertz CT molecular complexity index is 525. The molecule has 0 fully saturated rings. The van der Waals surface area contributed by atoms with E-state index in [1.807, 2.05) is 0 Å². The zero-order valence-electron chi connectivity index (χ0n) is 18.1. The summed E-state index contributed by atoms with van der Waals surface area (Å²) in [6.07, 6.45) is 22.1. The summed E-state index contributed by atoms with van der Waals surface area (Å²) >= 11 is 0. The van der Waals surface area contributed by atoms with Crippen LogP contribution in [-0.4, -0.2) is 16.2 Å². The van der Waals surface area contributed by atoms with Crippen LogP contribution in [0.1, 0.15) is 126 Å². The van der Waals surface area contributed by atoms with E-state index in [-0.39, 0.29) is 5.75 Å². The van der Waals surface area contributed by atoms with Gasteiger partial charge in [0.05, 0.1) is 5.56 Å². The van der Waals surface area contributed by atoms with E-state index in [2.05, 4.69) is 6.92 Å². The molecule has 0 aromatic heterocycles. The summed E-state index contributed by atoms with van der Waals surface area (Å²) in [7, 11) is 0. The highest BCUT2D eigenvalue weighted by Gasteiger charge is 2.10. The van der Waals surface area contributed by atoms with Crippen LogP contribution in [0, 0.1) is 0 Å². The summed E-state index contributed by atoms with van der Waals surface area (Å²) < 4.78 is 0. The molecule has 0 aliphatic carbocycles. The Morgan fingerprint density at radius 1 is 0.714 bits per heavy atom. The summed E-state index contributed by atoms with van der Waals surface area (Å²) in [5.74, 6) is -0.761. The van der Waals surface area contributed by atoms with Crippen molar-refractivity contribution in [2.45, 2.75) is 116 Å². The second kappa shape index (κ2) is 16.4. The molecule has 1 rings (SSSR count). The van der Waals surface area contributed by atoms with Gasteiger partial charge in [0.25, 0.3) is 0 Å². The van der Waals surface area contributed by atoms with Crippen LogP contribution in [0.2, 0.25) is 0 Å². The largest absolute Gasteiger partial charge is 0.508 e. The highest BCUT2D eigenvalue weighted by Crippen LogP contribution is 2.20. The molecule has 28 heavy (non-hydrogen) atoms. The summed E-state index contributed by atoms with van der Waals surface area (Å²) in [6, 6.07) is 4.54. The monoisotopic (exact) mass is 390 g/mol. The van der Waals surface area contributed by atoms with Crippen molar-refractivity contribution in [3.63, 3.8) is 0 Å². The zero-order chi connectivity index (χ0) is 20.5. The average molecular weight is 391 g/mol. The van der Waals surface area contributed by atoms with E-state index in [1.165, 1.54) is 102 Å². The van der Waals surface area contributed by atoms with E-state index in [0.29, 0.717) is 5.56 Å². The molecule has 3 nitrogen and oxygen atoms in total. The fourth-order valence-electron chi connectivity index (χ4n) is 3.86. The fraction of sp³-hybridized carbons (Fsp3) is 0.720. The molecule has 0 spiro atoms. The van der Waals surface area contributed by atoms with Gasteiger partial charge < -0.3 is 10.2 Å². The van der Waals surface area contributed by atoms with Crippen LogP contribution >= 0.6 is 0 Å². The topological polar surface area (TPSA) is 57.5 Å². The van der Waals surface area contributed by atoms with Crippen LogP contribution in [0.15, 0.2) is 18.2 Å². The molecule has 0 aliphatic heterocycles. The molecule has 0 aliphatic rings. The second-order valence-electron chi connectivity index (χ2n) is 8.20. The first-order valence-corrected chi connectivity index (χ1v) is 11.7. The van der Waals surface area contributed by atoms with Crippen molar-refractivity contribution in [2.24, 2.45) is 0 Å². The molecule has 0 unspecified atom stereocenters. The van der Waals surface area contributed by atoms with Gasteiger partial charge in [-0.2, -0.15) is 0 Å². The van der Waals surface area contributed by atoms with Crippen LogP contribution in [-0.2, 0) is 6.42 Å². The van der Waals surface area contributed by atoms with Gasteiger partial charge in [0.2, 0.25) is 0 Å². The minimum atomic E-state index is -0.911. The SMILES string of the molecule is CCCCCCCCCCCCCCCCCCc1cc(O)ccc1C(=O)O. The third-order valence-corrected chi connectivity index (χ3v) is 5.62. The first-order chi connectivity index (χ1) is 13.6. The normalized spacial score (nSPS) is 11.0. The van der Waals surface area contributed by atoms with Crippen LogP contribution in [0.3, 0.4) is 0 Å². The highest BCUT2D eigenvalue weighted by atomic mass is 16.4. The Balaban J connectivity index is 1.91. The molecule has 0 heterocycles. The molecule has 2 N–H and O–H groups in total. The Labute approximate surface area is 172 Å². The summed E-state index contributed by atoms with van der Waals surface area (Å²) in [4.78, 5) is 11.2. The maximum absolute atomic E-state index is 11.2. The Morgan fingerprint density at radius 2 is 1.14 bits per heavy atom. The lowest BCUT2D eigenvalue weighted by Crippen LogP contribution is -2.02. The number of phenolic OH excluding ortho intramolecular Hbond substituents is 1. The Hall–Kier alpha value is -1.51. The number of hydrogen-bond donors (Lipinski definition) is 2. The first kappa shape index (κ1) is 24.5. The molecule has 1 aromatic rings. The first-order valence-electron chi connectivity index (χ1n) is 11.7. The lowest BCUT2D eigenvalue weighted by atomic mass is 9.99. The lowest BCUT2D eigenvalue weighted by molar-refractivity contribution is 0.0695. The van der Waals surface area contributed by atoms with Crippen LogP contribution in [0.4, 0.5) is 0 Å². The molecule has 0 saturated heterocycles. The quantitative estimate of drug-likeness (QED) is 0.250. The number of aryl methyl sites for hydroxylation is 1. The maximum Gasteiger partial charge on any atom is 0.335 e. The van der Waals surface area contributed by atoms with Crippen LogP contribution in [0.5, 0.6) is 5.75 Å². The van der Waals surface area contributed by atoms with Crippen molar-refractivity contribution >= 4 is 5.97 Å². The second-order valence-corrected chi connectivity index (χ2v) is 8.20. The number of aromatic carboxylic acids is 1. The van der Waals surface area contributed by atoms with Gasteiger partial charge in [-0.3, -0.25) is 0 Å². The van der Waals surface area contributed by atoms with Crippen molar-refractivity contribution in [3.05, 3.63) is 29.3 Å². The molecule has 0 radical (unpaired) electrons. The number of unbranched alkanes of at least 4 members (excludes halogenated alkanes) is 15. The van der Waals surface area contributed by atoms with E-state index < -0.39 is 5.97 Å². The van der Waals surface area contributed by atoms with Crippen molar-refractivity contribution in [3.8, 4) is 5.75 Å². The average Bonchev–Trinajstić information content (AvgIpc) is 2.67. The predicted octanol–water partition coefficient (Wildman–Crippen LogP) is 7.89. The lowest BCUT2D eigenvalue weighted by Gasteiger charge is -2.07. The number of benzene rings is 1. The van der Waals surface area contributed by atoms with Gasteiger partial charge in [-0.1, -0.05) is 103 Å². The predicted molar refractivity (Wildman–Crippen MR) is 118 cm³/mol. The Morgan fingerprint density at radius 3 is 1.57 bits per heavy atom. The fourth-order valence-corrected chi connectivity index (χ4v) is 3.86. The minimum absolute atomic E-state index is 0.150. The number of phenols is 1. The molecule has 0 atom stereocenters. The molecule has 1 aromatic carbocycles. The summed E-state index contributed by atoms with van der Waals surface area (Å²) in [5.41, 5.74) is 1.07. The van der Waals surface area contributed by atoms with E-state index in [1.54, 1.807) is 6.07 Å². The van der Waals surface area contributed by atoms with Gasteiger partial charge in [0, 0.05) is 0 Å². The van der Waals surface area contributed by atoms with Crippen molar-refractivity contribution in [2.75, 3.05) is 0 Å². The molecule has 0 saturated carbocycles. The van der Waals surface area contributed by atoms with Gasteiger partial charge >= 0.3 is 5.97 Å². The van der Waals surface area contributed by atoms with E-state index >= 15 is 0 Å². The maximum atomic E-state index is 11.2. The smallest absolute Gasteiger partial charge is 0.335 e. The molecule has 0 bridgehead atoms. The summed E-state index contributed by atoms with van der Waals surface area (Å²) in [6.45, 7) is 2.27. The number of carbonyl (C=O) groups is 1. The third kappa shape index (κ3) is 12.0. The van der Waals surface area contributed by atoms with Gasteiger partial charge in [0.15, 0.2) is 0 Å². The molecule has 0 amide bonds. The number of rotatable bonds is 18. The molecular formula is C25H42O3. The number of carboxylic acid groups (broad SMARTS) is 1. The van der Waals surface area contributed by atoms with Crippen molar-refractivity contribution < 1.29 is 15.0 Å². The van der Waals surface area contributed by atoms with E-state index in [4.69, 9.17) is 0 Å². The number of aromatic hydroxyl groups is 1. The van der Waals surface area contributed by atoms with Crippen LogP contribution in [0.25, 0.3) is 0 Å². The van der Waals surface area contributed by atoms with Crippen molar-refractivity contribution in [1.82, 2.24) is 0 Å². The minimum Gasteiger partial charge on any atom is -0.508 e. The van der Waals surface area contributed by atoms with Crippen molar-refractivity contribution in [1.29, 1.82) is 0 Å². The van der Waals surface area contributed by atoms with Gasteiger partial charge in [-0.15, -0.1) is 0 Å². The zero-order valence-corrected chi connectivity index (χ0v) is 18.1.